The second-order valence-electron chi connectivity index (χ2n) is 6.19. The lowest BCUT2D eigenvalue weighted by molar-refractivity contribution is -0.130. The van der Waals surface area contributed by atoms with Crippen LogP contribution in [0.5, 0.6) is 5.75 Å². The fraction of sp³-hybridized carbons (Fsp3) is 0.353. The van der Waals surface area contributed by atoms with E-state index in [1.54, 1.807) is 24.3 Å². The summed E-state index contributed by atoms with van der Waals surface area (Å²) >= 11 is 17.0. The molecule has 2 aromatic carbocycles. The van der Waals surface area contributed by atoms with Crippen molar-refractivity contribution in [1.29, 1.82) is 0 Å². The first-order chi connectivity index (χ1) is 13.0. The van der Waals surface area contributed by atoms with Crippen LogP contribution in [0.3, 0.4) is 0 Å². The number of piperazine rings is 1. The molecule has 1 saturated heterocycles. The molecule has 1 amide bonds. The summed E-state index contributed by atoms with van der Waals surface area (Å²) in [5.41, 5.74) is 0.571. The molecule has 2 aromatic rings. The van der Waals surface area contributed by atoms with E-state index in [2.05, 4.69) is 0 Å². The van der Waals surface area contributed by atoms with Gasteiger partial charge in [0.25, 0.3) is 18.8 Å². The highest BCUT2D eigenvalue weighted by Crippen LogP contribution is 2.41. The number of methoxy groups -OCH3 is 1. The quantitative estimate of drug-likeness (QED) is 0.488. The topological polar surface area (TPSA) is 66.9 Å². The van der Waals surface area contributed by atoms with Crippen LogP contribution in [0.25, 0.3) is 10.8 Å². The third kappa shape index (κ3) is 4.24. The number of halogens is 4. The van der Waals surface area contributed by atoms with Crippen molar-refractivity contribution in [3.05, 3.63) is 30.3 Å². The lowest BCUT2D eigenvalue weighted by Crippen LogP contribution is -2.51. The minimum absolute atomic E-state index is 0.000337. The van der Waals surface area contributed by atoms with Crippen molar-refractivity contribution < 1.29 is 17.9 Å². The average molecular weight is 486 g/mol. The maximum atomic E-state index is 12.1. The van der Waals surface area contributed by atoms with Crippen molar-refractivity contribution >= 4 is 76.9 Å². The molecule has 6 nitrogen and oxygen atoms in total. The van der Waals surface area contributed by atoms with Crippen LogP contribution >= 0.6 is 45.5 Å². The third-order valence-electron chi connectivity index (χ3n) is 4.55. The Morgan fingerprint density at radius 3 is 2.14 bits per heavy atom. The van der Waals surface area contributed by atoms with Gasteiger partial charge >= 0.3 is 0 Å². The molecule has 1 aliphatic rings. The molecule has 1 fully saturated rings. The largest absolute Gasteiger partial charge is 0.494 e. The van der Waals surface area contributed by atoms with Crippen LogP contribution in [-0.4, -0.2) is 56.3 Å². The van der Waals surface area contributed by atoms with Crippen LogP contribution in [0.15, 0.2) is 35.2 Å². The maximum absolute atomic E-state index is 12.1. The van der Waals surface area contributed by atoms with E-state index in [-0.39, 0.29) is 4.90 Å². The molecule has 0 saturated carbocycles. The molecular formula is C17H16Cl4N2O4S. The van der Waals surface area contributed by atoms with Crippen LogP contribution < -0.4 is 9.64 Å². The molecule has 152 valence electrons. The molecule has 28 heavy (non-hydrogen) atoms. The van der Waals surface area contributed by atoms with Crippen LogP contribution in [0.1, 0.15) is 0 Å². The molecule has 0 N–H and O–H groups in total. The Morgan fingerprint density at radius 2 is 1.64 bits per heavy atom. The summed E-state index contributed by atoms with van der Waals surface area (Å²) in [7, 11) is 3.21. The zero-order valence-corrected chi connectivity index (χ0v) is 18.5. The molecule has 11 heteroatoms. The summed E-state index contributed by atoms with van der Waals surface area (Å²) in [5, 5.41) is 1.10. The summed E-state index contributed by atoms with van der Waals surface area (Å²) in [6.45, 7) is 1.43. The predicted octanol–water partition coefficient (Wildman–Crippen LogP) is 3.79. The van der Waals surface area contributed by atoms with E-state index >= 15 is 0 Å². The second-order valence-corrected chi connectivity index (χ2v) is 11.0. The molecule has 0 spiro atoms. The lowest BCUT2D eigenvalue weighted by Gasteiger charge is -2.38. The summed E-state index contributed by atoms with van der Waals surface area (Å²) in [4.78, 5) is 15.5. The van der Waals surface area contributed by atoms with Gasteiger partial charge in [0.1, 0.15) is 5.75 Å². The van der Waals surface area contributed by atoms with Crippen molar-refractivity contribution in [3.63, 3.8) is 0 Å². The Hall–Kier alpha value is -1.12. The molecular weight excluding hydrogens is 470 g/mol. The number of anilines is 1. The lowest BCUT2D eigenvalue weighted by atomic mass is 10.1. The van der Waals surface area contributed by atoms with Crippen molar-refractivity contribution in [2.45, 2.75) is 8.69 Å². The van der Waals surface area contributed by atoms with Gasteiger partial charge in [-0.1, -0.05) is 59.1 Å². The van der Waals surface area contributed by atoms with Gasteiger partial charge in [-0.05, 0) is 6.07 Å². The Morgan fingerprint density at radius 1 is 1.07 bits per heavy atom. The van der Waals surface area contributed by atoms with E-state index in [1.807, 2.05) is 4.90 Å². The van der Waals surface area contributed by atoms with Crippen LogP contribution in [0.4, 0.5) is 5.69 Å². The standard InChI is InChI=1S/C17H16Cl4N2O4S/c1-27-15-12-5-3-2-4-11(12)14(28(21,25)26)10-13(15)22-6-8-23(9-7-22)16(24)17(18,19)20/h2-5,10H,6-9H2,1H3. The summed E-state index contributed by atoms with van der Waals surface area (Å²) in [5.74, 6) is -0.0625. The van der Waals surface area contributed by atoms with Gasteiger partial charge in [-0.25, -0.2) is 8.42 Å². The fourth-order valence-electron chi connectivity index (χ4n) is 3.28. The Bertz CT molecular complexity index is 1020. The molecule has 0 aliphatic carbocycles. The minimum atomic E-state index is -3.99. The van der Waals surface area contributed by atoms with Crippen LogP contribution in [0.2, 0.25) is 0 Å². The zero-order valence-electron chi connectivity index (χ0n) is 14.7. The molecule has 0 atom stereocenters. The number of carbonyl (C=O) groups is 1. The first-order valence-electron chi connectivity index (χ1n) is 8.19. The maximum Gasteiger partial charge on any atom is 0.274 e. The van der Waals surface area contributed by atoms with Crippen LogP contribution in [-0.2, 0) is 13.8 Å². The normalized spacial score (nSPS) is 15.8. The second kappa shape index (κ2) is 7.95. The van der Waals surface area contributed by atoms with Gasteiger partial charge in [-0.15, -0.1) is 0 Å². The molecule has 1 heterocycles. The SMILES string of the molecule is COc1c(N2CCN(C(=O)C(Cl)(Cl)Cl)CC2)cc(S(=O)(=O)Cl)c2ccccc12. The molecule has 0 bridgehead atoms. The average Bonchev–Trinajstić information content (AvgIpc) is 2.64. The number of hydrogen-bond acceptors (Lipinski definition) is 5. The number of hydrogen-bond donors (Lipinski definition) is 0. The van der Waals surface area contributed by atoms with Gasteiger partial charge in [-0.2, -0.15) is 0 Å². The number of amides is 1. The van der Waals surface area contributed by atoms with Gasteiger partial charge in [-0.3, -0.25) is 4.79 Å². The number of rotatable bonds is 3. The van der Waals surface area contributed by atoms with Crippen molar-refractivity contribution in [2.75, 3.05) is 38.2 Å². The van der Waals surface area contributed by atoms with Gasteiger partial charge in [0.05, 0.1) is 17.7 Å². The zero-order chi connectivity index (χ0) is 20.7. The minimum Gasteiger partial charge on any atom is -0.494 e. The number of nitrogens with zero attached hydrogens (tertiary/aromatic N) is 2. The number of alkyl halides is 3. The number of fused-ring (bicyclic) bond motifs is 1. The number of carbonyl (C=O) groups excluding carboxylic acids is 1. The van der Waals surface area contributed by atoms with Crippen molar-refractivity contribution in [1.82, 2.24) is 4.90 Å². The fourth-order valence-corrected chi connectivity index (χ4v) is 4.72. The molecule has 0 radical (unpaired) electrons. The summed E-state index contributed by atoms with van der Waals surface area (Å²) in [6.07, 6.45) is 0. The van der Waals surface area contributed by atoms with Crippen molar-refractivity contribution in [3.8, 4) is 5.75 Å². The van der Waals surface area contributed by atoms with Crippen molar-refractivity contribution in [2.24, 2.45) is 0 Å². The van der Waals surface area contributed by atoms with E-state index in [9.17, 15) is 13.2 Å². The van der Waals surface area contributed by atoms with E-state index in [1.165, 1.54) is 18.1 Å². The first kappa shape index (κ1) is 21.6. The monoisotopic (exact) mass is 484 g/mol. The highest BCUT2D eigenvalue weighted by Gasteiger charge is 2.37. The molecule has 3 rings (SSSR count). The highest BCUT2D eigenvalue weighted by atomic mass is 35.7. The van der Waals surface area contributed by atoms with E-state index < -0.39 is 18.8 Å². The first-order valence-corrected chi connectivity index (χ1v) is 11.6. The molecule has 0 aromatic heterocycles. The number of ether oxygens (including phenoxy) is 1. The van der Waals surface area contributed by atoms with Crippen LogP contribution in [0, 0.1) is 0 Å². The molecule has 0 unspecified atom stereocenters. The van der Waals surface area contributed by atoms with Gasteiger partial charge in [0.15, 0.2) is 0 Å². The van der Waals surface area contributed by atoms with Gasteiger partial charge in [0.2, 0.25) is 0 Å². The predicted molar refractivity (Wildman–Crippen MR) is 113 cm³/mol. The van der Waals surface area contributed by atoms with Gasteiger partial charge < -0.3 is 14.5 Å². The smallest absolute Gasteiger partial charge is 0.274 e. The number of benzene rings is 2. The van der Waals surface area contributed by atoms with Gasteiger partial charge in [0, 0.05) is 47.6 Å². The molecule has 1 aliphatic heterocycles. The third-order valence-corrected chi connectivity index (χ3v) is 6.40. The van der Waals surface area contributed by atoms with E-state index in [0.717, 1.165) is 0 Å². The Kier molecular flexibility index (Phi) is 6.13. The summed E-state index contributed by atoms with van der Waals surface area (Å²) < 4.78 is 27.9. The highest BCUT2D eigenvalue weighted by molar-refractivity contribution is 8.14. The Labute approximate surface area is 182 Å². The summed E-state index contributed by atoms with van der Waals surface area (Å²) in [6, 6.07) is 8.46. The van der Waals surface area contributed by atoms with E-state index in [0.29, 0.717) is 48.4 Å². The van der Waals surface area contributed by atoms with E-state index in [4.69, 9.17) is 50.2 Å². The Balaban J connectivity index is 2.01.